The van der Waals surface area contributed by atoms with Crippen LogP contribution in [0.5, 0.6) is 0 Å². The maximum atomic E-state index is 11.2. The van der Waals surface area contributed by atoms with Crippen molar-refractivity contribution in [2.24, 2.45) is 5.73 Å². The number of amides is 1. The molecule has 0 aliphatic carbocycles. The van der Waals surface area contributed by atoms with Crippen LogP contribution in [0.3, 0.4) is 0 Å². The largest absolute Gasteiger partial charge is 0.368 e. The first-order chi connectivity index (χ1) is 6.33. The number of rotatable bonds is 3. The lowest BCUT2D eigenvalue weighted by atomic mass is 10.2. The summed E-state index contributed by atoms with van der Waals surface area (Å²) in [6.45, 7) is 1.69. The molecular formula is C8H16N2O3S. The minimum atomic E-state index is -2.89. The summed E-state index contributed by atoms with van der Waals surface area (Å²) in [5, 5.41) is 0. The van der Waals surface area contributed by atoms with Crippen molar-refractivity contribution in [1.29, 1.82) is 0 Å². The minimum Gasteiger partial charge on any atom is -0.368 e. The molecule has 2 unspecified atom stereocenters. The average Bonchev–Trinajstić information content (AvgIpc) is 2.43. The molecule has 0 aromatic heterocycles. The summed E-state index contributed by atoms with van der Waals surface area (Å²) in [4.78, 5) is 12.6. The second kappa shape index (κ2) is 3.86. The molecule has 1 amide bonds. The molecule has 5 nitrogen and oxygen atoms in total. The van der Waals surface area contributed by atoms with Crippen molar-refractivity contribution in [3.8, 4) is 0 Å². The molecule has 1 heterocycles. The third-order valence-electron chi connectivity index (χ3n) is 2.81. The van der Waals surface area contributed by atoms with Gasteiger partial charge in [-0.25, -0.2) is 8.42 Å². The molecule has 0 aromatic rings. The van der Waals surface area contributed by atoms with Crippen LogP contribution in [0.2, 0.25) is 0 Å². The van der Waals surface area contributed by atoms with Gasteiger partial charge in [-0.1, -0.05) is 0 Å². The van der Waals surface area contributed by atoms with E-state index in [1.54, 1.807) is 18.9 Å². The van der Waals surface area contributed by atoms with Crippen LogP contribution in [0.25, 0.3) is 0 Å². The van der Waals surface area contributed by atoms with Gasteiger partial charge in [0, 0.05) is 6.04 Å². The Balaban J connectivity index is 2.64. The first-order valence-electron chi connectivity index (χ1n) is 4.55. The van der Waals surface area contributed by atoms with Gasteiger partial charge in [-0.2, -0.15) is 0 Å². The number of carbonyl (C=O) groups excluding carboxylic acids is 1. The smallest absolute Gasteiger partial charge is 0.234 e. The van der Waals surface area contributed by atoms with Crippen molar-refractivity contribution in [2.75, 3.05) is 18.6 Å². The summed E-state index contributed by atoms with van der Waals surface area (Å²) in [6, 6.07) is -0.476. The molecule has 0 radical (unpaired) electrons. The highest BCUT2D eigenvalue weighted by atomic mass is 32.2. The Morgan fingerprint density at radius 3 is 2.50 bits per heavy atom. The molecule has 1 saturated heterocycles. The molecule has 0 spiro atoms. The average molecular weight is 220 g/mol. The highest BCUT2D eigenvalue weighted by Gasteiger charge is 2.33. The van der Waals surface area contributed by atoms with Gasteiger partial charge in [0.25, 0.3) is 0 Å². The molecule has 0 bridgehead atoms. The number of sulfone groups is 1. The molecule has 2 atom stereocenters. The lowest BCUT2D eigenvalue weighted by Crippen LogP contribution is -2.46. The van der Waals surface area contributed by atoms with E-state index in [4.69, 9.17) is 5.73 Å². The van der Waals surface area contributed by atoms with E-state index < -0.39 is 21.8 Å². The highest BCUT2D eigenvalue weighted by Crippen LogP contribution is 2.17. The van der Waals surface area contributed by atoms with E-state index in [9.17, 15) is 13.2 Å². The molecule has 2 N–H and O–H groups in total. The normalized spacial score (nSPS) is 27.8. The van der Waals surface area contributed by atoms with E-state index in [1.165, 1.54) is 0 Å². The topological polar surface area (TPSA) is 80.5 Å². The van der Waals surface area contributed by atoms with Crippen molar-refractivity contribution in [3.05, 3.63) is 0 Å². The Morgan fingerprint density at radius 1 is 1.57 bits per heavy atom. The Morgan fingerprint density at radius 2 is 2.14 bits per heavy atom. The molecule has 1 aliphatic heterocycles. The lowest BCUT2D eigenvalue weighted by molar-refractivity contribution is -0.122. The van der Waals surface area contributed by atoms with Crippen molar-refractivity contribution >= 4 is 15.7 Å². The molecule has 6 heteroatoms. The predicted octanol–water partition coefficient (Wildman–Crippen LogP) is -1.02. The minimum absolute atomic E-state index is 0.0671. The maximum Gasteiger partial charge on any atom is 0.234 e. The van der Waals surface area contributed by atoms with E-state index in [2.05, 4.69) is 0 Å². The number of primary amides is 1. The second-order valence-electron chi connectivity index (χ2n) is 3.80. The standard InChI is InChI=1S/C8H16N2O3S/c1-6(8(9)11)10(2)7-3-4-14(12,13)5-7/h6-7H,3-5H2,1-2H3,(H2,9,11). The molecule has 1 fully saturated rings. The number of nitrogens with zero attached hydrogens (tertiary/aromatic N) is 1. The number of nitrogens with two attached hydrogens (primary N) is 1. The predicted molar refractivity (Wildman–Crippen MR) is 53.5 cm³/mol. The van der Waals surface area contributed by atoms with Crippen molar-refractivity contribution in [2.45, 2.75) is 25.4 Å². The van der Waals surface area contributed by atoms with E-state index in [0.29, 0.717) is 6.42 Å². The summed E-state index contributed by atoms with van der Waals surface area (Å²) < 4.78 is 22.4. The zero-order chi connectivity index (χ0) is 10.9. The van der Waals surface area contributed by atoms with Gasteiger partial charge in [0.15, 0.2) is 9.84 Å². The first-order valence-corrected chi connectivity index (χ1v) is 6.37. The van der Waals surface area contributed by atoms with Crippen LogP contribution in [0.15, 0.2) is 0 Å². The maximum absolute atomic E-state index is 11.2. The Kier molecular flexibility index (Phi) is 3.16. The van der Waals surface area contributed by atoms with Crippen molar-refractivity contribution in [3.63, 3.8) is 0 Å². The second-order valence-corrected chi connectivity index (χ2v) is 6.03. The number of likely N-dealkylation sites (N-methyl/N-ethyl adjacent to an activating group) is 1. The fraction of sp³-hybridized carbons (Fsp3) is 0.875. The van der Waals surface area contributed by atoms with Crippen LogP contribution in [-0.2, 0) is 14.6 Å². The Labute approximate surface area is 84.2 Å². The third kappa shape index (κ3) is 2.45. The fourth-order valence-electron chi connectivity index (χ4n) is 1.61. The summed E-state index contributed by atoms with van der Waals surface area (Å²) >= 11 is 0. The van der Waals surface area contributed by atoms with E-state index in [-0.39, 0.29) is 17.5 Å². The molecule has 0 aromatic carbocycles. The van der Waals surface area contributed by atoms with Gasteiger partial charge in [0.1, 0.15) is 0 Å². The monoisotopic (exact) mass is 220 g/mol. The van der Waals surface area contributed by atoms with Gasteiger partial charge in [0.2, 0.25) is 5.91 Å². The molecule has 14 heavy (non-hydrogen) atoms. The van der Waals surface area contributed by atoms with Gasteiger partial charge in [-0.15, -0.1) is 0 Å². The van der Waals surface area contributed by atoms with Crippen LogP contribution in [0.4, 0.5) is 0 Å². The van der Waals surface area contributed by atoms with Crippen LogP contribution in [-0.4, -0.2) is 49.9 Å². The van der Waals surface area contributed by atoms with Crippen LogP contribution in [0.1, 0.15) is 13.3 Å². The third-order valence-corrected chi connectivity index (χ3v) is 4.56. The van der Waals surface area contributed by atoms with Crippen LogP contribution in [0, 0.1) is 0 Å². The van der Waals surface area contributed by atoms with E-state index >= 15 is 0 Å². The fourth-order valence-corrected chi connectivity index (χ4v) is 3.40. The number of carbonyl (C=O) groups is 1. The van der Waals surface area contributed by atoms with Gasteiger partial charge < -0.3 is 5.73 Å². The molecule has 1 rings (SSSR count). The number of hydrogen-bond acceptors (Lipinski definition) is 4. The summed E-state index contributed by atoms with van der Waals surface area (Å²) in [5.41, 5.74) is 5.14. The quantitative estimate of drug-likeness (QED) is 0.660. The molecular weight excluding hydrogens is 204 g/mol. The van der Waals surface area contributed by atoms with Crippen LogP contribution < -0.4 is 5.73 Å². The first kappa shape index (κ1) is 11.5. The Bertz CT molecular complexity index is 325. The zero-order valence-corrected chi connectivity index (χ0v) is 9.25. The van der Waals surface area contributed by atoms with Crippen molar-refractivity contribution in [1.82, 2.24) is 4.90 Å². The SMILES string of the molecule is CC(C(N)=O)N(C)C1CCS(=O)(=O)C1. The summed E-state index contributed by atoms with van der Waals surface area (Å²) in [7, 11) is -1.16. The Hall–Kier alpha value is -0.620. The molecule has 1 aliphatic rings. The highest BCUT2D eigenvalue weighted by molar-refractivity contribution is 7.91. The molecule has 82 valence electrons. The lowest BCUT2D eigenvalue weighted by Gasteiger charge is -2.27. The molecule has 0 saturated carbocycles. The van der Waals surface area contributed by atoms with Gasteiger partial charge in [-0.05, 0) is 20.4 Å². The van der Waals surface area contributed by atoms with Gasteiger partial charge in [-0.3, -0.25) is 9.69 Å². The summed E-state index contributed by atoms with van der Waals surface area (Å²) in [5.74, 6) is -0.0639. The number of hydrogen-bond donors (Lipinski definition) is 1. The van der Waals surface area contributed by atoms with E-state index in [0.717, 1.165) is 0 Å². The summed E-state index contributed by atoms with van der Waals surface area (Å²) in [6.07, 6.45) is 0.594. The van der Waals surface area contributed by atoms with Crippen molar-refractivity contribution < 1.29 is 13.2 Å². The van der Waals surface area contributed by atoms with Crippen LogP contribution >= 0.6 is 0 Å². The van der Waals surface area contributed by atoms with Gasteiger partial charge >= 0.3 is 0 Å². The zero-order valence-electron chi connectivity index (χ0n) is 8.43. The van der Waals surface area contributed by atoms with Gasteiger partial charge in [0.05, 0.1) is 17.5 Å². The van der Waals surface area contributed by atoms with E-state index in [1.807, 2.05) is 0 Å².